The van der Waals surface area contributed by atoms with Crippen molar-refractivity contribution in [3.8, 4) is 0 Å². The van der Waals surface area contributed by atoms with E-state index >= 15 is 0 Å². The summed E-state index contributed by atoms with van der Waals surface area (Å²) in [5.74, 6) is -0.271. The van der Waals surface area contributed by atoms with Gasteiger partial charge in [-0.15, -0.1) is 0 Å². The number of carbonyl (C=O) groups excluding carboxylic acids is 1. The Balaban J connectivity index is 1.59. The van der Waals surface area contributed by atoms with Crippen molar-refractivity contribution in [2.75, 3.05) is 49.2 Å². The molecule has 0 unspecified atom stereocenters. The summed E-state index contributed by atoms with van der Waals surface area (Å²) < 4.78 is 0. The molecule has 0 aliphatic carbocycles. The van der Waals surface area contributed by atoms with E-state index in [1.165, 1.54) is 17.4 Å². The molecule has 2 heterocycles. The lowest BCUT2D eigenvalue weighted by atomic mass is 10.2. The van der Waals surface area contributed by atoms with E-state index in [-0.39, 0.29) is 5.69 Å². The molecular weight excluding hydrogens is 434 g/mol. The second-order valence-electron chi connectivity index (χ2n) is 8.03. The summed E-state index contributed by atoms with van der Waals surface area (Å²) in [4.78, 5) is 27.1. The lowest BCUT2D eigenvalue weighted by Gasteiger charge is -2.34. The summed E-state index contributed by atoms with van der Waals surface area (Å²) in [6, 6.07) is 15.7. The first-order valence-electron chi connectivity index (χ1n) is 11.0. The number of nitrogens with two attached hydrogens (primary N) is 2. The van der Waals surface area contributed by atoms with Gasteiger partial charge in [-0.25, -0.2) is 9.97 Å². The molecule has 0 atom stereocenters. The normalized spacial score (nSPS) is 14.3. The first kappa shape index (κ1) is 22.9. The van der Waals surface area contributed by atoms with Crippen LogP contribution in [0.3, 0.4) is 0 Å². The fraction of sp³-hybridized carbons (Fsp3) is 0.292. The lowest BCUT2D eigenvalue weighted by molar-refractivity contribution is 0.0995. The summed E-state index contributed by atoms with van der Waals surface area (Å²) in [6.07, 6.45) is 0.623. The Morgan fingerprint density at radius 3 is 2.45 bits per heavy atom. The summed E-state index contributed by atoms with van der Waals surface area (Å²) in [5.41, 5.74) is 15.1. The van der Waals surface area contributed by atoms with Crippen LogP contribution < -0.4 is 21.7 Å². The van der Waals surface area contributed by atoms with Crippen LogP contribution in [0.15, 0.2) is 58.5 Å². The van der Waals surface area contributed by atoms with Crippen LogP contribution in [0, 0.1) is 0 Å². The Hall–Kier alpha value is -3.30. The van der Waals surface area contributed by atoms with E-state index < -0.39 is 5.91 Å². The largest absolute Gasteiger partial charge is 0.399 e. The minimum Gasteiger partial charge on any atom is -0.399 e. The van der Waals surface area contributed by atoms with E-state index in [4.69, 9.17) is 16.5 Å². The number of likely N-dealkylation sites (N-methyl/N-ethyl adjacent to an activating group) is 1. The molecule has 3 aromatic rings. The van der Waals surface area contributed by atoms with Crippen LogP contribution in [0.2, 0.25) is 0 Å². The molecule has 172 valence electrons. The van der Waals surface area contributed by atoms with Crippen LogP contribution in [0.4, 0.5) is 22.9 Å². The highest BCUT2D eigenvalue weighted by Crippen LogP contribution is 2.32. The topological polar surface area (TPSA) is 113 Å². The van der Waals surface area contributed by atoms with Gasteiger partial charge in [0.2, 0.25) is 0 Å². The number of amides is 1. The number of hydrogen-bond acceptors (Lipinski definition) is 8. The number of nitrogens with zero attached hydrogens (tertiary/aromatic N) is 4. The van der Waals surface area contributed by atoms with Crippen molar-refractivity contribution in [2.45, 2.75) is 23.3 Å². The maximum absolute atomic E-state index is 12.1. The predicted molar refractivity (Wildman–Crippen MR) is 134 cm³/mol. The first-order valence-corrected chi connectivity index (χ1v) is 11.8. The lowest BCUT2D eigenvalue weighted by Crippen LogP contribution is -2.44. The molecule has 1 saturated heterocycles. The van der Waals surface area contributed by atoms with Crippen molar-refractivity contribution < 1.29 is 4.79 Å². The Morgan fingerprint density at radius 2 is 1.82 bits per heavy atom. The number of nitrogen functional groups attached to an aromatic ring is 1. The number of primary amides is 1. The number of aryl methyl sites for hydroxylation is 1. The summed E-state index contributed by atoms with van der Waals surface area (Å²) in [7, 11) is 2.14. The number of nitrogens with one attached hydrogen (secondary N) is 1. The van der Waals surface area contributed by atoms with Crippen molar-refractivity contribution in [3.05, 3.63) is 59.9 Å². The molecule has 1 aliphatic rings. The van der Waals surface area contributed by atoms with Gasteiger partial charge in [0.1, 0.15) is 5.03 Å². The zero-order valence-electron chi connectivity index (χ0n) is 18.9. The third kappa shape index (κ3) is 5.55. The Labute approximate surface area is 198 Å². The number of benzene rings is 2. The van der Waals surface area contributed by atoms with Crippen LogP contribution >= 0.6 is 11.8 Å². The molecule has 1 aromatic heterocycles. The summed E-state index contributed by atoms with van der Waals surface area (Å²) in [5, 5.41) is 3.95. The monoisotopic (exact) mass is 463 g/mol. The molecule has 0 bridgehead atoms. The van der Waals surface area contributed by atoms with Gasteiger partial charge < -0.3 is 26.6 Å². The number of aromatic nitrogens is 2. The molecular formula is C24H29N7OS. The fourth-order valence-electron chi connectivity index (χ4n) is 3.67. The number of rotatable bonds is 7. The van der Waals surface area contributed by atoms with E-state index in [2.05, 4.69) is 39.3 Å². The molecule has 9 heteroatoms. The molecule has 8 nitrogen and oxygen atoms in total. The molecule has 5 N–H and O–H groups in total. The Morgan fingerprint density at radius 1 is 1.09 bits per heavy atom. The highest BCUT2D eigenvalue weighted by molar-refractivity contribution is 7.99. The SMILES string of the molecule is CCc1nc(C(N)=O)c(Nc2ccc(N3CCN(C)CC3)cc2)nc1Sc1cccc(N)c1. The van der Waals surface area contributed by atoms with E-state index in [1.54, 1.807) is 0 Å². The highest BCUT2D eigenvalue weighted by Gasteiger charge is 2.19. The van der Waals surface area contributed by atoms with Gasteiger partial charge in [-0.1, -0.05) is 24.8 Å². The van der Waals surface area contributed by atoms with Crippen molar-refractivity contribution in [1.29, 1.82) is 0 Å². The van der Waals surface area contributed by atoms with Crippen LogP contribution in [0.1, 0.15) is 23.1 Å². The van der Waals surface area contributed by atoms with Crippen molar-refractivity contribution in [1.82, 2.24) is 14.9 Å². The zero-order chi connectivity index (χ0) is 23.4. The van der Waals surface area contributed by atoms with Gasteiger partial charge in [0.05, 0.1) is 5.69 Å². The number of carbonyl (C=O) groups is 1. The minimum absolute atomic E-state index is 0.131. The quantitative estimate of drug-likeness (QED) is 0.457. The average Bonchev–Trinajstić information content (AvgIpc) is 2.80. The zero-order valence-corrected chi connectivity index (χ0v) is 19.7. The number of hydrogen-bond donors (Lipinski definition) is 3. The van der Waals surface area contributed by atoms with E-state index in [0.717, 1.165) is 36.8 Å². The molecule has 1 amide bonds. The van der Waals surface area contributed by atoms with Gasteiger partial charge in [0.25, 0.3) is 5.91 Å². The van der Waals surface area contributed by atoms with E-state index in [0.29, 0.717) is 28.6 Å². The van der Waals surface area contributed by atoms with E-state index in [1.807, 2.05) is 43.3 Å². The third-order valence-corrected chi connectivity index (χ3v) is 6.58. The average molecular weight is 464 g/mol. The van der Waals surface area contributed by atoms with Gasteiger partial charge in [-0.3, -0.25) is 4.79 Å². The molecule has 0 radical (unpaired) electrons. The van der Waals surface area contributed by atoms with E-state index in [9.17, 15) is 4.79 Å². The summed E-state index contributed by atoms with van der Waals surface area (Å²) in [6.45, 7) is 6.08. The van der Waals surface area contributed by atoms with Crippen LogP contribution in [0.5, 0.6) is 0 Å². The maximum atomic E-state index is 12.1. The molecule has 0 spiro atoms. The first-order chi connectivity index (χ1) is 15.9. The Bertz CT molecular complexity index is 1130. The van der Waals surface area contributed by atoms with Crippen LogP contribution in [-0.2, 0) is 6.42 Å². The molecule has 33 heavy (non-hydrogen) atoms. The number of anilines is 4. The second kappa shape index (κ2) is 10.1. The van der Waals surface area contributed by atoms with Crippen LogP contribution in [-0.4, -0.2) is 54.0 Å². The van der Waals surface area contributed by atoms with Gasteiger partial charge in [0.15, 0.2) is 11.5 Å². The Kier molecular flexibility index (Phi) is 7.00. The molecule has 4 rings (SSSR count). The predicted octanol–water partition coefficient (Wildman–Crippen LogP) is 3.37. The van der Waals surface area contributed by atoms with Gasteiger partial charge >= 0.3 is 0 Å². The van der Waals surface area contributed by atoms with Crippen molar-refractivity contribution >= 4 is 40.5 Å². The standard InChI is InChI=1S/C24H29N7OS/c1-3-20-24(33-19-6-4-5-16(25)15-19)29-23(21(28-20)22(26)32)27-17-7-9-18(10-8-17)31-13-11-30(2)12-14-31/h4-10,15H,3,11-14,25H2,1-2H3,(H2,26,32)(H,27,29). The van der Waals surface area contributed by atoms with Gasteiger partial charge in [0, 0.05) is 48.1 Å². The highest BCUT2D eigenvalue weighted by atomic mass is 32.2. The summed E-state index contributed by atoms with van der Waals surface area (Å²) >= 11 is 1.46. The fourth-order valence-corrected chi connectivity index (χ4v) is 4.68. The van der Waals surface area contributed by atoms with Crippen molar-refractivity contribution in [3.63, 3.8) is 0 Å². The molecule has 1 aliphatic heterocycles. The molecule has 1 fully saturated rings. The minimum atomic E-state index is -0.616. The van der Waals surface area contributed by atoms with Crippen molar-refractivity contribution in [2.24, 2.45) is 5.73 Å². The molecule has 0 saturated carbocycles. The number of piperazine rings is 1. The maximum Gasteiger partial charge on any atom is 0.271 e. The second-order valence-corrected chi connectivity index (χ2v) is 9.09. The van der Waals surface area contributed by atoms with Crippen LogP contribution in [0.25, 0.3) is 0 Å². The molecule has 2 aromatic carbocycles. The third-order valence-electron chi connectivity index (χ3n) is 5.57. The van der Waals surface area contributed by atoms with Gasteiger partial charge in [-0.05, 0) is 55.9 Å². The van der Waals surface area contributed by atoms with Gasteiger partial charge in [-0.2, -0.15) is 0 Å². The smallest absolute Gasteiger partial charge is 0.271 e.